The Kier molecular flexibility index (Phi) is 4.78. The highest BCUT2D eigenvalue weighted by Crippen LogP contribution is 2.24. The van der Waals surface area contributed by atoms with Gasteiger partial charge in [-0.2, -0.15) is 12.7 Å². The lowest BCUT2D eigenvalue weighted by Crippen LogP contribution is -2.37. The first kappa shape index (κ1) is 15.7. The number of halogens is 1. The third-order valence-electron chi connectivity index (χ3n) is 2.56. The molecule has 1 aromatic carbocycles. The van der Waals surface area contributed by atoms with Crippen LogP contribution < -0.4 is 4.72 Å². The van der Waals surface area contributed by atoms with Crippen molar-refractivity contribution in [2.75, 3.05) is 11.8 Å². The number of anilines is 1. The van der Waals surface area contributed by atoms with E-state index in [9.17, 15) is 13.2 Å². The van der Waals surface area contributed by atoms with Gasteiger partial charge in [-0.3, -0.25) is 4.72 Å². The van der Waals surface area contributed by atoms with E-state index in [1.54, 1.807) is 13.8 Å². The van der Waals surface area contributed by atoms with Gasteiger partial charge in [-0.05, 0) is 32.0 Å². The standard InChI is InChI=1S/C11H15ClN2O4S/c1-7(2)14(3)19(17,18)13-10-5-4-8(11(15)16)6-9(10)12/h4-7,13H,1-3H3,(H,15,16). The molecule has 0 atom stereocenters. The van der Waals surface area contributed by atoms with Gasteiger partial charge in [-0.1, -0.05) is 11.6 Å². The number of carboxylic acids is 1. The number of carbonyl (C=O) groups is 1. The molecular weight excluding hydrogens is 292 g/mol. The topological polar surface area (TPSA) is 86.7 Å². The van der Waals surface area contributed by atoms with E-state index in [1.807, 2.05) is 0 Å². The molecular formula is C11H15ClN2O4S. The van der Waals surface area contributed by atoms with E-state index in [4.69, 9.17) is 16.7 Å². The van der Waals surface area contributed by atoms with Crippen molar-refractivity contribution in [1.29, 1.82) is 0 Å². The van der Waals surface area contributed by atoms with Gasteiger partial charge in [0.1, 0.15) is 0 Å². The molecule has 0 aliphatic carbocycles. The van der Waals surface area contributed by atoms with Gasteiger partial charge in [-0.25, -0.2) is 4.79 Å². The molecule has 0 aliphatic heterocycles. The summed E-state index contributed by atoms with van der Waals surface area (Å²) in [5, 5.41) is 8.82. The van der Waals surface area contributed by atoms with Crippen molar-refractivity contribution in [3.05, 3.63) is 28.8 Å². The van der Waals surface area contributed by atoms with Gasteiger partial charge >= 0.3 is 16.2 Å². The molecule has 8 heteroatoms. The van der Waals surface area contributed by atoms with Crippen molar-refractivity contribution >= 4 is 33.5 Å². The zero-order chi connectivity index (χ0) is 14.8. The Morgan fingerprint density at radius 2 is 2.00 bits per heavy atom. The van der Waals surface area contributed by atoms with Crippen molar-refractivity contribution in [3.8, 4) is 0 Å². The van der Waals surface area contributed by atoms with E-state index in [0.29, 0.717) is 0 Å². The molecule has 0 radical (unpaired) electrons. The first-order chi connectivity index (χ1) is 8.65. The molecule has 0 aliphatic rings. The fourth-order valence-electron chi connectivity index (χ4n) is 1.22. The SMILES string of the molecule is CC(C)N(C)S(=O)(=O)Nc1ccc(C(=O)O)cc1Cl. The molecule has 106 valence electrons. The molecule has 0 saturated carbocycles. The van der Waals surface area contributed by atoms with Gasteiger partial charge in [0.25, 0.3) is 0 Å². The molecule has 1 rings (SSSR count). The summed E-state index contributed by atoms with van der Waals surface area (Å²) in [6, 6.07) is 3.57. The number of aromatic carboxylic acids is 1. The quantitative estimate of drug-likeness (QED) is 0.871. The largest absolute Gasteiger partial charge is 0.478 e. The third kappa shape index (κ3) is 3.82. The predicted octanol–water partition coefficient (Wildman–Crippen LogP) is 2.04. The Morgan fingerprint density at radius 3 is 2.42 bits per heavy atom. The van der Waals surface area contributed by atoms with Crippen LogP contribution in [-0.2, 0) is 10.2 Å². The van der Waals surface area contributed by atoms with Crippen molar-refractivity contribution in [1.82, 2.24) is 4.31 Å². The zero-order valence-corrected chi connectivity index (χ0v) is 12.3. The fourth-order valence-corrected chi connectivity index (χ4v) is 2.66. The second kappa shape index (κ2) is 5.77. The summed E-state index contributed by atoms with van der Waals surface area (Å²) in [4.78, 5) is 10.7. The zero-order valence-electron chi connectivity index (χ0n) is 10.7. The van der Waals surface area contributed by atoms with Crippen molar-refractivity contribution in [2.45, 2.75) is 19.9 Å². The molecule has 0 spiro atoms. The van der Waals surface area contributed by atoms with Crippen molar-refractivity contribution < 1.29 is 18.3 Å². The van der Waals surface area contributed by atoms with Gasteiger partial charge in [0.2, 0.25) is 0 Å². The average molecular weight is 307 g/mol. The second-order valence-electron chi connectivity index (χ2n) is 4.22. The maximum absolute atomic E-state index is 12.0. The molecule has 0 heterocycles. The molecule has 0 aromatic heterocycles. The van der Waals surface area contributed by atoms with Gasteiger partial charge in [0.05, 0.1) is 16.3 Å². The van der Waals surface area contributed by atoms with E-state index < -0.39 is 16.2 Å². The molecule has 0 bridgehead atoms. The minimum Gasteiger partial charge on any atom is -0.478 e. The maximum atomic E-state index is 12.0. The van der Waals surface area contributed by atoms with Crippen LogP contribution in [0.1, 0.15) is 24.2 Å². The summed E-state index contributed by atoms with van der Waals surface area (Å²) >= 11 is 5.85. The molecule has 6 nitrogen and oxygen atoms in total. The highest BCUT2D eigenvalue weighted by atomic mass is 35.5. The third-order valence-corrected chi connectivity index (χ3v) is 4.53. The van der Waals surface area contributed by atoms with Crippen LogP contribution in [0.3, 0.4) is 0 Å². The average Bonchev–Trinajstić information content (AvgIpc) is 2.30. The van der Waals surface area contributed by atoms with Crippen LogP contribution in [0.2, 0.25) is 5.02 Å². The van der Waals surface area contributed by atoms with Gasteiger partial charge < -0.3 is 5.11 Å². The molecule has 0 unspecified atom stereocenters. The van der Waals surface area contributed by atoms with Crippen molar-refractivity contribution in [2.24, 2.45) is 0 Å². The minimum atomic E-state index is -3.72. The van der Waals surface area contributed by atoms with E-state index in [-0.39, 0.29) is 22.3 Å². The molecule has 19 heavy (non-hydrogen) atoms. The number of hydrogen-bond acceptors (Lipinski definition) is 3. The normalized spacial score (nSPS) is 11.9. The van der Waals surface area contributed by atoms with Gasteiger partial charge in [0, 0.05) is 13.1 Å². The van der Waals surface area contributed by atoms with E-state index in [2.05, 4.69) is 4.72 Å². The lowest BCUT2D eigenvalue weighted by molar-refractivity contribution is 0.0697. The Bertz CT molecular complexity index is 586. The second-order valence-corrected chi connectivity index (χ2v) is 6.35. The summed E-state index contributed by atoms with van der Waals surface area (Å²) < 4.78 is 27.4. The summed E-state index contributed by atoms with van der Waals surface area (Å²) in [6.07, 6.45) is 0. The number of nitrogens with one attached hydrogen (secondary N) is 1. The monoisotopic (exact) mass is 306 g/mol. The first-order valence-corrected chi connectivity index (χ1v) is 7.25. The summed E-state index contributed by atoms with van der Waals surface area (Å²) in [5.74, 6) is -1.13. The molecule has 1 aromatic rings. The summed E-state index contributed by atoms with van der Waals surface area (Å²) in [5.41, 5.74) is 0.129. The summed E-state index contributed by atoms with van der Waals surface area (Å²) in [6.45, 7) is 3.46. The number of nitrogens with zero attached hydrogens (tertiary/aromatic N) is 1. The molecule has 2 N–H and O–H groups in total. The lowest BCUT2D eigenvalue weighted by atomic mass is 10.2. The highest BCUT2D eigenvalue weighted by Gasteiger charge is 2.21. The van der Waals surface area contributed by atoms with Crippen LogP contribution in [0.25, 0.3) is 0 Å². The Balaban J connectivity index is 3.04. The van der Waals surface area contributed by atoms with Crippen LogP contribution >= 0.6 is 11.6 Å². The van der Waals surface area contributed by atoms with Crippen LogP contribution in [0.4, 0.5) is 5.69 Å². The first-order valence-electron chi connectivity index (χ1n) is 5.43. The number of carboxylic acid groups (broad SMARTS) is 1. The van der Waals surface area contributed by atoms with Crippen LogP contribution in [0.15, 0.2) is 18.2 Å². The summed E-state index contributed by atoms with van der Waals surface area (Å²) in [7, 11) is -2.28. The predicted molar refractivity (Wildman–Crippen MR) is 73.9 cm³/mol. The van der Waals surface area contributed by atoms with E-state index in [0.717, 1.165) is 4.31 Å². The minimum absolute atomic E-state index is 0.00911. The number of hydrogen-bond donors (Lipinski definition) is 2. The van der Waals surface area contributed by atoms with Crippen LogP contribution in [0, 0.1) is 0 Å². The van der Waals surface area contributed by atoms with Gasteiger partial charge in [-0.15, -0.1) is 0 Å². The van der Waals surface area contributed by atoms with E-state index >= 15 is 0 Å². The number of benzene rings is 1. The number of rotatable bonds is 5. The van der Waals surface area contributed by atoms with Gasteiger partial charge in [0.15, 0.2) is 0 Å². The molecule has 0 fully saturated rings. The van der Waals surface area contributed by atoms with Crippen molar-refractivity contribution in [3.63, 3.8) is 0 Å². The molecule has 0 saturated heterocycles. The van der Waals surface area contributed by atoms with Crippen LogP contribution in [-0.4, -0.2) is 36.9 Å². The fraction of sp³-hybridized carbons (Fsp3) is 0.364. The lowest BCUT2D eigenvalue weighted by Gasteiger charge is -2.22. The smallest absolute Gasteiger partial charge is 0.335 e. The Labute approximate surface area is 117 Å². The van der Waals surface area contributed by atoms with E-state index in [1.165, 1.54) is 25.2 Å². The maximum Gasteiger partial charge on any atom is 0.335 e. The Hall–Kier alpha value is -1.31. The molecule has 0 amide bonds. The highest BCUT2D eigenvalue weighted by molar-refractivity contribution is 7.90. The van der Waals surface area contributed by atoms with Crippen LogP contribution in [0.5, 0.6) is 0 Å². The Morgan fingerprint density at radius 1 is 1.42 bits per heavy atom.